The Balaban J connectivity index is 1.24. The number of piperazine rings is 1. The van der Waals surface area contributed by atoms with Gasteiger partial charge >= 0.3 is 6.18 Å². The third kappa shape index (κ3) is 4.15. The van der Waals surface area contributed by atoms with E-state index in [9.17, 15) is 18.0 Å². The number of carbonyl (C=O) groups excluding carboxylic acids is 1. The quantitative estimate of drug-likeness (QED) is 0.577. The monoisotopic (exact) mass is 491 g/mol. The highest BCUT2D eigenvalue weighted by molar-refractivity contribution is 5.86. The molecular weight excluding hydrogens is 467 g/mol. The maximum atomic E-state index is 13.5. The van der Waals surface area contributed by atoms with E-state index in [-0.39, 0.29) is 49.2 Å². The van der Waals surface area contributed by atoms with Gasteiger partial charge in [0.05, 0.1) is 12.8 Å². The number of nitrogens with two attached hydrogens (primary N) is 1. The van der Waals surface area contributed by atoms with Crippen molar-refractivity contribution >= 4 is 23.6 Å². The van der Waals surface area contributed by atoms with Crippen LogP contribution in [0.15, 0.2) is 22.8 Å². The molecule has 0 aromatic carbocycles. The Morgan fingerprint density at radius 2 is 1.94 bits per heavy atom. The maximum Gasteiger partial charge on any atom is 0.401 e. The highest BCUT2D eigenvalue weighted by Gasteiger charge is 2.55. The van der Waals surface area contributed by atoms with Gasteiger partial charge in [-0.3, -0.25) is 9.69 Å². The molecule has 3 fully saturated rings. The summed E-state index contributed by atoms with van der Waals surface area (Å²) >= 11 is 0. The largest absolute Gasteiger partial charge is 0.461 e. The van der Waals surface area contributed by atoms with Gasteiger partial charge in [-0.05, 0) is 36.8 Å². The van der Waals surface area contributed by atoms with Crippen LogP contribution in [0.2, 0.25) is 0 Å². The van der Waals surface area contributed by atoms with E-state index in [1.54, 1.807) is 17.0 Å². The van der Waals surface area contributed by atoms with Crippen LogP contribution < -0.4 is 10.6 Å². The predicted molar refractivity (Wildman–Crippen MR) is 117 cm³/mol. The first-order valence-electron chi connectivity index (χ1n) is 11.5. The van der Waals surface area contributed by atoms with Crippen molar-refractivity contribution in [3.63, 3.8) is 0 Å². The molecule has 14 heteroatoms. The number of nitrogen functional groups attached to an aromatic ring is 1. The van der Waals surface area contributed by atoms with E-state index in [2.05, 4.69) is 20.1 Å². The predicted octanol–water partition coefficient (Wildman–Crippen LogP) is 1.43. The Morgan fingerprint density at radius 3 is 2.60 bits per heavy atom. The lowest BCUT2D eigenvalue weighted by molar-refractivity contribution is -0.152. The number of carbonyl (C=O) groups is 1. The summed E-state index contributed by atoms with van der Waals surface area (Å²) in [6.07, 6.45) is -0.0512. The molecule has 0 unspecified atom stereocenters. The molecule has 11 nitrogen and oxygen atoms in total. The Kier molecular flexibility index (Phi) is 4.92. The molecule has 2 N–H and O–H groups in total. The summed E-state index contributed by atoms with van der Waals surface area (Å²) in [6.45, 7) is 0.545. The molecule has 35 heavy (non-hydrogen) atoms. The van der Waals surface area contributed by atoms with Crippen LogP contribution in [0.5, 0.6) is 0 Å². The summed E-state index contributed by atoms with van der Waals surface area (Å²) in [5.74, 6) is 1.29. The minimum absolute atomic E-state index is 0.0374. The van der Waals surface area contributed by atoms with Crippen LogP contribution in [0.4, 0.5) is 25.1 Å². The average molecular weight is 491 g/mol. The van der Waals surface area contributed by atoms with Crippen LogP contribution >= 0.6 is 0 Å². The van der Waals surface area contributed by atoms with Crippen LogP contribution in [0.25, 0.3) is 17.4 Å². The first-order valence-corrected chi connectivity index (χ1v) is 11.5. The molecule has 186 valence electrons. The third-order valence-electron chi connectivity index (χ3n) is 7.06. The van der Waals surface area contributed by atoms with Crippen LogP contribution in [0, 0.1) is 5.41 Å². The van der Waals surface area contributed by atoms with Crippen molar-refractivity contribution in [1.29, 1.82) is 0 Å². The number of anilines is 2. The molecule has 1 aliphatic carbocycles. The molecule has 5 heterocycles. The second kappa shape index (κ2) is 7.80. The highest BCUT2D eigenvalue weighted by atomic mass is 19.4. The zero-order chi connectivity index (χ0) is 24.4. The Bertz CT molecular complexity index is 1250. The smallest absolute Gasteiger partial charge is 0.401 e. The first-order chi connectivity index (χ1) is 16.7. The molecule has 1 spiro atoms. The van der Waals surface area contributed by atoms with E-state index in [4.69, 9.17) is 10.2 Å². The summed E-state index contributed by atoms with van der Waals surface area (Å²) in [5.41, 5.74) is 6.20. The summed E-state index contributed by atoms with van der Waals surface area (Å²) in [7, 11) is 0. The van der Waals surface area contributed by atoms with Crippen LogP contribution in [0.1, 0.15) is 19.3 Å². The van der Waals surface area contributed by atoms with Crippen molar-refractivity contribution in [2.45, 2.75) is 31.5 Å². The van der Waals surface area contributed by atoms with Crippen LogP contribution in [-0.4, -0.2) is 91.8 Å². The lowest BCUT2D eigenvalue weighted by atomic mass is 10.0. The molecule has 1 saturated carbocycles. The molecule has 3 aliphatic rings. The summed E-state index contributed by atoms with van der Waals surface area (Å²) in [4.78, 5) is 31.7. The minimum Gasteiger partial charge on any atom is -0.461 e. The average Bonchev–Trinajstić information content (AvgIpc) is 3.19. The number of aromatic nitrogens is 5. The fraction of sp³-hybridized carbons (Fsp3) is 0.571. The number of nitrogens with zero attached hydrogens (tertiary/aromatic N) is 8. The van der Waals surface area contributed by atoms with Crippen molar-refractivity contribution in [2.24, 2.45) is 5.41 Å². The number of halogens is 3. The van der Waals surface area contributed by atoms with Gasteiger partial charge in [0, 0.05) is 32.7 Å². The number of alkyl halides is 3. The summed E-state index contributed by atoms with van der Waals surface area (Å²) in [5, 5.41) is 4.31. The number of amides is 1. The van der Waals surface area contributed by atoms with Gasteiger partial charge in [-0.1, -0.05) is 0 Å². The normalized spacial score (nSPS) is 22.4. The molecule has 2 saturated heterocycles. The SMILES string of the molecule is Nc1nc(N2CC3(CC3)C[C@H]2C(=O)N2CCN(CC(F)(F)F)CC2)nc2nc(-c3ccco3)nn12. The van der Waals surface area contributed by atoms with E-state index < -0.39 is 18.8 Å². The Hall–Kier alpha value is -3.42. The Morgan fingerprint density at radius 1 is 1.17 bits per heavy atom. The fourth-order valence-electron chi connectivity index (χ4n) is 5.05. The molecular formula is C21H24F3N9O2. The molecule has 0 radical (unpaired) electrons. The van der Waals surface area contributed by atoms with Crippen molar-refractivity contribution in [2.75, 3.05) is 49.9 Å². The summed E-state index contributed by atoms with van der Waals surface area (Å²) in [6, 6.07) is 2.95. The van der Waals surface area contributed by atoms with E-state index in [0.29, 0.717) is 30.5 Å². The highest BCUT2D eigenvalue weighted by Crippen LogP contribution is 2.55. The van der Waals surface area contributed by atoms with E-state index in [0.717, 1.165) is 12.8 Å². The van der Waals surface area contributed by atoms with E-state index in [1.165, 1.54) is 15.7 Å². The van der Waals surface area contributed by atoms with E-state index >= 15 is 0 Å². The third-order valence-corrected chi connectivity index (χ3v) is 7.06. The van der Waals surface area contributed by atoms with Crippen molar-refractivity contribution < 1.29 is 22.4 Å². The van der Waals surface area contributed by atoms with Gasteiger partial charge in [-0.25, -0.2) is 0 Å². The molecule has 3 aromatic rings. The fourth-order valence-corrected chi connectivity index (χ4v) is 5.05. The summed E-state index contributed by atoms with van der Waals surface area (Å²) < 4.78 is 44.9. The zero-order valence-electron chi connectivity index (χ0n) is 18.8. The molecule has 3 aromatic heterocycles. The van der Waals surface area contributed by atoms with Gasteiger partial charge in [0.2, 0.25) is 23.6 Å². The number of hydrogen-bond donors (Lipinski definition) is 1. The van der Waals surface area contributed by atoms with Crippen molar-refractivity contribution in [3.05, 3.63) is 18.4 Å². The second-order valence-electron chi connectivity index (χ2n) is 9.57. The molecule has 2 aliphatic heterocycles. The lowest BCUT2D eigenvalue weighted by Gasteiger charge is -2.37. The second-order valence-corrected chi connectivity index (χ2v) is 9.57. The minimum atomic E-state index is -4.25. The van der Waals surface area contributed by atoms with Gasteiger partial charge in [0.15, 0.2) is 5.76 Å². The number of rotatable bonds is 4. The van der Waals surface area contributed by atoms with Crippen molar-refractivity contribution in [1.82, 2.24) is 34.4 Å². The maximum absolute atomic E-state index is 13.5. The molecule has 1 amide bonds. The van der Waals surface area contributed by atoms with E-state index in [1.807, 2.05) is 4.90 Å². The van der Waals surface area contributed by atoms with Crippen LogP contribution in [-0.2, 0) is 4.79 Å². The lowest BCUT2D eigenvalue weighted by Crippen LogP contribution is -2.55. The standard InChI is InChI=1S/C21H24F3N9O2/c22-21(23,24)12-30-5-7-31(8-6-30)16(34)13-10-20(3-4-20)11-32(13)18-27-17(25)33-19(28-18)26-15(29-33)14-2-1-9-35-14/h1-2,9,13H,3-8,10-12H2,(H2,25,26,27,28,29)/t13-/m0/s1. The molecule has 6 rings (SSSR count). The van der Waals surface area contributed by atoms with Gasteiger partial charge in [-0.2, -0.15) is 32.6 Å². The number of furan rings is 1. The van der Waals surface area contributed by atoms with Gasteiger partial charge in [0.1, 0.15) is 6.04 Å². The van der Waals surface area contributed by atoms with Gasteiger partial charge in [0.25, 0.3) is 5.78 Å². The van der Waals surface area contributed by atoms with Crippen LogP contribution in [0.3, 0.4) is 0 Å². The van der Waals surface area contributed by atoms with Gasteiger partial charge < -0.3 is 20.0 Å². The van der Waals surface area contributed by atoms with Crippen molar-refractivity contribution in [3.8, 4) is 11.6 Å². The first kappa shape index (κ1) is 22.1. The van der Waals surface area contributed by atoms with Gasteiger partial charge in [-0.15, -0.1) is 5.10 Å². The number of fused-ring (bicyclic) bond motifs is 1. The Labute approximate surface area is 197 Å². The molecule has 1 atom stereocenters. The molecule has 0 bridgehead atoms. The number of hydrogen-bond acceptors (Lipinski definition) is 9. The zero-order valence-corrected chi connectivity index (χ0v) is 18.8. The topological polar surface area (TPSA) is 122 Å².